The van der Waals surface area contributed by atoms with Crippen LogP contribution in [0.3, 0.4) is 0 Å². The second-order valence-corrected chi connectivity index (χ2v) is 8.92. The highest BCUT2D eigenvalue weighted by molar-refractivity contribution is 5.01. The fourth-order valence-electron chi connectivity index (χ4n) is 7.13. The quantitative estimate of drug-likeness (QED) is 0.808. The second-order valence-electron chi connectivity index (χ2n) is 8.92. The first-order valence-electron chi connectivity index (χ1n) is 9.43. The molecule has 5 rings (SSSR count). The molecule has 1 heterocycles. The van der Waals surface area contributed by atoms with Gasteiger partial charge in [-0.2, -0.15) is 0 Å². The molecule has 0 aromatic rings. The van der Waals surface area contributed by atoms with Crippen molar-refractivity contribution in [2.75, 3.05) is 13.1 Å². The van der Waals surface area contributed by atoms with Gasteiger partial charge in [-0.05, 0) is 105 Å². The van der Waals surface area contributed by atoms with E-state index in [0.29, 0.717) is 0 Å². The van der Waals surface area contributed by atoms with E-state index < -0.39 is 0 Å². The standard InChI is InChI=1S/C19H33N/c1-12(2)18(15-3-5-20-6-4-15)19-16-8-13-7-14(10-16)11-17(19)9-13/h12-20H,3-11H2,1-2H3. The molecule has 5 aliphatic rings. The number of nitrogens with one attached hydrogen (secondary N) is 1. The molecule has 4 saturated carbocycles. The fraction of sp³-hybridized carbons (Fsp3) is 1.00. The topological polar surface area (TPSA) is 12.0 Å². The zero-order valence-corrected chi connectivity index (χ0v) is 13.5. The molecule has 0 aromatic heterocycles. The molecule has 1 nitrogen and oxygen atoms in total. The average Bonchev–Trinajstić information content (AvgIpc) is 2.42. The molecule has 20 heavy (non-hydrogen) atoms. The number of hydrogen-bond donors (Lipinski definition) is 1. The van der Waals surface area contributed by atoms with Crippen molar-refractivity contribution in [1.29, 1.82) is 0 Å². The minimum absolute atomic E-state index is 0.903. The van der Waals surface area contributed by atoms with Crippen LogP contribution in [0, 0.1) is 47.3 Å². The first-order valence-corrected chi connectivity index (χ1v) is 9.43. The lowest BCUT2D eigenvalue weighted by Gasteiger charge is -2.58. The Balaban J connectivity index is 1.56. The molecule has 5 fully saturated rings. The van der Waals surface area contributed by atoms with Gasteiger partial charge in [0.1, 0.15) is 0 Å². The Labute approximate surface area is 125 Å². The van der Waals surface area contributed by atoms with Gasteiger partial charge in [0, 0.05) is 0 Å². The van der Waals surface area contributed by atoms with Crippen LogP contribution in [0.2, 0.25) is 0 Å². The molecule has 1 N–H and O–H groups in total. The molecular weight excluding hydrogens is 242 g/mol. The van der Waals surface area contributed by atoms with Crippen molar-refractivity contribution in [3.8, 4) is 0 Å². The first kappa shape index (κ1) is 13.6. The van der Waals surface area contributed by atoms with E-state index in [9.17, 15) is 0 Å². The van der Waals surface area contributed by atoms with Gasteiger partial charge < -0.3 is 5.32 Å². The van der Waals surface area contributed by atoms with Crippen LogP contribution in [0.1, 0.15) is 58.8 Å². The van der Waals surface area contributed by atoms with Gasteiger partial charge in [0.2, 0.25) is 0 Å². The highest BCUT2D eigenvalue weighted by Crippen LogP contribution is 2.60. The summed E-state index contributed by atoms with van der Waals surface area (Å²) in [6.45, 7) is 7.61. The van der Waals surface area contributed by atoms with Crippen LogP contribution in [0.15, 0.2) is 0 Å². The maximum absolute atomic E-state index is 3.58. The van der Waals surface area contributed by atoms with E-state index in [4.69, 9.17) is 0 Å². The summed E-state index contributed by atoms with van der Waals surface area (Å²) in [6, 6.07) is 0. The van der Waals surface area contributed by atoms with Gasteiger partial charge >= 0.3 is 0 Å². The lowest BCUT2D eigenvalue weighted by atomic mass is 9.47. The highest BCUT2D eigenvalue weighted by Gasteiger charge is 2.52. The van der Waals surface area contributed by atoms with E-state index in [0.717, 1.165) is 47.3 Å². The Morgan fingerprint density at radius 1 is 0.800 bits per heavy atom. The zero-order chi connectivity index (χ0) is 13.7. The second kappa shape index (κ2) is 5.30. The van der Waals surface area contributed by atoms with Crippen molar-refractivity contribution in [3.63, 3.8) is 0 Å². The van der Waals surface area contributed by atoms with E-state index in [2.05, 4.69) is 19.2 Å². The maximum atomic E-state index is 3.58. The van der Waals surface area contributed by atoms with Gasteiger partial charge in [-0.25, -0.2) is 0 Å². The van der Waals surface area contributed by atoms with Crippen molar-refractivity contribution >= 4 is 0 Å². The lowest BCUT2D eigenvalue weighted by Crippen LogP contribution is -2.51. The van der Waals surface area contributed by atoms with E-state index >= 15 is 0 Å². The molecule has 0 spiro atoms. The van der Waals surface area contributed by atoms with Gasteiger partial charge in [0.25, 0.3) is 0 Å². The van der Waals surface area contributed by atoms with Gasteiger partial charge in [-0.15, -0.1) is 0 Å². The van der Waals surface area contributed by atoms with Gasteiger partial charge in [-0.3, -0.25) is 0 Å². The summed E-state index contributed by atoms with van der Waals surface area (Å²) in [5.41, 5.74) is 0. The SMILES string of the molecule is CC(C)C(C1CCNCC1)C1C2CC3CC(C2)CC1C3. The van der Waals surface area contributed by atoms with Crippen LogP contribution < -0.4 is 5.32 Å². The smallest absolute Gasteiger partial charge is 0.00462 e. The molecule has 1 atom stereocenters. The van der Waals surface area contributed by atoms with Crippen LogP contribution in [0.4, 0.5) is 0 Å². The van der Waals surface area contributed by atoms with Crippen molar-refractivity contribution < 1.29 is 0 Å². The number of piperidine rings is 1. The van der Waals surface area contributed by atoms with Gasteiger partial charge in [0.15, 0.2) is 0 Å². The third-order valence-electron chi connectivity index (χ3n) is 7.44. The molecule has 0 amide bonds. The lowest BCUT2D eigenvalue weighted by molar-refractivity contribution is -0.0863. The molecule has 4 aliphatic carbocycles. The summed E-state index contributed by atoms with van der Waals surface area (Å²) < 4.78 is 0. The number of hydrogen-bond acceptors (Lipinski definition) is 1. The molecule has 4 bridgehead atoms. The zero-order valence-electron chi connectivity index (χ0n) is 13.5. The Morgan fingerprint density at radius 3 is 1.85 bits per heavy atom. The van der Waals surface area contributed by atoms with Crippen molar-refractivity contribution in [1.82, 2.24) is 5.32 Å². The average molecular weight is 275 g/mol. The largest absolute Gasteiger partial charge is 0.317 e. The molecule has 1 aliphatic heterocycles. The molecule has 114 valence electrons. The van der Waals surface area contributed by atoms with E-state index in [1.54, 1.807) is 32.1 Å². The Kier molecular flexibility index (Phi) is 3.61. The van der Waals surface area contributed by atoms with Crippen molar-refractivity contribution in [2.45, 2.75) is 58.8 Å². The molecule has 0 radical (unpaired) electrons. The van der Waals surface area contributed by atoms with Crippen LogP contribution in [0.5, 0.6) is 0 Å². The summed E-state index contributed by atoms with van der Waals surface area (Å²) in [5.74, 6) is 8.57. The van der Waals surface area contributed by atoms with E-state index in [1.807, 2.05) is 0 Å². The summed E-state index contributed by atoms with van der Waals surface area (Å²) in [7, 11) is 0. The predicted octanol–water partition coefficient (Wildman–Crippen LogP) is 4.33. The van der Waals surface area contributed by atoms with Crippen LogP contribution in [-0.2, 0) is 0 Å². The Hall–Kier alpha value is -0.0400. The van der Waals surface area contributed by atoms with Gasteiger partial charge in [0.05, 0.1) is 0 Å². The molecular formula is C19H33N. The Bertz CT molecular complexity index is 311. The van der Waals surface area contributed by atoms with E-state index in [1.165, 1.54) is 25.9 Å². The third-order valence-corrected chi connectivity index (χ3v) is 7.44. The van der Waals surface area contributed by atoms with Crippen LogP contribution >= 0.6 is 0 Å². The summed E-state index contributed by atoms with van der Waals surface area (Å²) in [5, 5.41) is 3.58. The fourth-order valence-corrected chi connectivity index (χ4v) is 7.13. The normalized spacial score (nSPS) is 46.0. The molecule has 1 saturated heterocycles. The van der Waals surface area contributed by atoms with Crippen molar-refractivity contribution in [3.05, 3.63) is 0 Å². The number of rotatable bonds is 3. The highest BCUT2D eigenvalue weighted by atomic mass is 14.9. The van der Waals surface area contributed by atoms with Crippen LogP contribution in [0.25, 0.3) is 0 Å². The van der Waals surface area contributed by atoms with E-state index in [-0.39, 0.29) is 0 Å². The maximum Gasteiger partial charge on any atom is -0.00462 e. The summed E-state index contributed by atoms with van der Waals surface area (Å²) >= 11 is 0. The summed E-state index contributed by atoms with van der Waals surface area (Å²) in [6.07, 6.45) is 10.9. The molecule has 0 aromatic carbocycles. The monoisotopic (exact) mass is 275 g/mol. The molecule has 1 unspecified atom stereocenters. The minimum Gasteiger partial charge on any atom is -0.317 e. The molecule has 1 heteroatoms. The van der Waals surface area contributed by atoms with Gasteiger partial charge in [-0.1, -0.05) is 13.8 Å². The predicted molar refractivity (Wildman–Crippen MR) is 84.5 cm³/mol. The summed E-state index contributed by atoms with van der Waals surface area (Å²) in [4.78, 5) is 0. The minimum atomic E-state index is 0.903. The van der Waals surface area contributed by atoms with Crippen molar-refractivity contribution in [2.24, 2.45) is 47.3 Å². The van der Waals surface area contributed by atoms with Crippen LogP contribution in [-0.4, -0.2) is 13.1 Å². The first-order chi connectivity index (χ1) is 9.72. The third kappa shape index (κ3) is 2.25. The Morgan fingerprint density at radius 2 is 1.35 bits per heavy atom.